The molecule has 3 N–H and O–H groups in total. The van der Waals surface area contributed by atoms with Crippen LogP contribution in [0.5, 0.6) is 11.5 Å². The van der Waals surface area contributed by atoms with Crippen molar-refractivity contribution in [2.45, 2.75) is 13.8 Å². The minimum atomic E-state index is -0.164. The Morgan fingerprint density at radius 3 is 2.14 bits per heavy atom. The van der Waals surface area contributed by atoms with E-state index in [9.17, 15) is 10.2 Å². The predicted octanol–water partition coefficient (Wildman–Crippen LogP) is 0.718. The topological polar surface area (TPSA) is 64.3 Å². The fourth-order valence-electron chi connectivity index (χ4n) is 1.22. The Morgan fingerprint density at radius 2 is 1.71 bits per heavy atom. The standard InChI is InChI=1S/C11H13NO2/c1-3-8-5-10(13)11(14)6-9(8)4-7(2)12/h3-6,12-14H,1-2H3/b8-3-,9-4-,12-7?. The summed E-state index contributed by atoms with van der Waals surface area (Å²) in [6, 6.07) is 2.92. The molecule has 3 nitrogen and oxygen atoms in total. The van der Waals surface area contributed by atoms with Gasteiger partial charge in [-0.15, -0.1) is 0 Å². The summed E-state index contributed by atoms with van der Waals surface area (Å²) in [7, 11) is 0. The van der Waals surface area contributed by atoms with Crippen LogP contribution in [0.1, 0.15) is 13.8 Å². The maximum atomic E-state index is 9.28. The first-order chi connectivity index (χ1) is 6.54. The second-order valence-electron chi connectivity index (χ2n) is 3.09. The molecule has 0 aliphatic carbocycles. The first-order valence-corrected chi connectivity index (χ1v) is 4.30. The quantitative estimate of drug-likeness (QED) is 0.452. The van der Waals surface area contributed by atoms with Crippen molar-refractivity contribution in [1.29, 1.82) is 5.41 Å². The molecular weight excluding hydrogens is 178 g/mol. The second-order valence-corrected chi connectivity index (χ2v) is 3.09. The third kappa shape index (κ3) is 2.13. The average Bonchev–Trinajstić information content (AvgIpc) is 2.10. The van der Waals surface area contributed by atoms with Gasteiger partial charge in [0.25, 0.3) is 0 Å². The second kappa shape index (κ2) is 3.96. The lowest BCUT2D eigenvalue weighted by atomic mass is 10.2. The summed E-state index contributed by atoms with van der Waals surface area (Å²) >= 11 is 0. The highest BCUT2D eigenvalue weighted by Gasteiger charge is 1.97. The molecule has 0 unspecified atom stereocenters. The van der Waals surface area contributed by atoms with Crippen LogP contribution < -0.4 is 10.4 Å². The molecule has 0 saturated heterocycles. The Kier molecular flexibility index (Phi) is 2.92. The molecule has 0 bridgehead atoms. The molecular formula is C11H13NO2. The fourth-order valence-corrected chi connectivity index (χ4v) is 1.22. The molecule has 74 valence electrons. The van der Waals surface area contributed by atoms with Crippen LogP contribution in [0.15, 0.2) is 12.1 Å². The van der Waals surface area contributed by atoms with E-state index >= 15 is 0 Å². The molecule has 1 rings (SSSR count). The van der Waals surface area contributed by atoms with Gasteiger partial charge in [-0.3, -0.25) is 0 Å². The van der Waals surface area contributed by atoms with Gasteiger partial charge in [0.2, 0.25) is 0 Å². The molecule has 0 aromatic heterocycles. The number of nitrogens with one attached hydrogen (secondary N) is 1. The van der Waals surface area contributed by atoms with Gasteiger partial charge in [-0.2, -0.15) is 0 Å². The van der Waals surface area contributed by atoms with E-state index in [-0.39, 0.29) is 11.5 Å². The van der Waals surface area contributed by atoms with Crippen molar-refractivity contribution in [1.82, 2.24) is 0 Å². The lowest BCUT2D eigenvalue weighted by Crippen LogP contribution is -2.24. The Morgan fingerprint density at radius 1 is 1.21 bits per heavy atom. The number of phenols is 2. The molecule has 0 aliphatic heterocycles. The van der Waals surface area contributed by atoms with Gasteiger partial charge in [0.05, 0.1) is 0 Å². The monoisotopic (exact) mass is 191 g/mol. The van der Waals surface area contributed by atoms with Crippen LogP contribution >= 0.6 is 0 Å². The number of rotatable bonds is 1. The van der Waals surface area contributed by atoms with Gasteiger partial charge in [-0.05, 0) is 42.5 Å². The van der Waals surface area contributed by atoms with Crippen molar-refractivity contribution >= 4 is 17.9 Å². The van der Waals surface area contributed by atoms with Crippen LogP contribution in [0, 0.1) is 5.41 Å². The highest BCUT2D eigenvalue weighted by Crippen LogP contribution is 2.18. The van der Waals surface area contributed by atoms with E-state index in [1.54, 1.807) is 13.0 Å². The van der Waals surface area contributed by atoms with Gasteiger partial charge in [0.15, 0.2) is 11.5 Å². The molecule has 0 heterocycles. The van der Waals surface area contributed by atoms with E-state index in [1.165, 1.54) is 12.1 Å². The summed E-state index contributed by atoms with van der Waals surface area (Å²) in [4.78, 5) is 0. The zero-order valence-corrected chi connectivity index (χ0v) is 8.20. The lowest BCUT2D eigenvalue weighted by molar-refractivity contribution is 0.403. The van der Waals surface area contributed by atoms with Crippen molar-refractivity contribution in [2.75, 3.05) is 0 Å². The minimum absolute atomic E-state index is 0.141. The van der Waals surface area contributed by atoms with Crippen LogP contribution in [0.4, 0.5) is 0 Å². The third-order valence-electron chi connectivity index (χ3n) is 1.86. The van der Waals surface area contributed by atoms with Crippen molar-refractivity contribution in [2.24, 2.45) is 0 Å². The Balaban J connectivity index is 3.60. The van der Waals surface area contributed by atoms with Crippen LogP contribution in [0.2, 0.25) is 0 Å². The van der Waals surface area contributed by atoms with Crippen LogP contribution in [0.25, 0.3) is 12.2 Å². The highest BCUT2D eigenvalue weighted by atomic mass is 16.3. The molecule has 0 aliphatic rings. The molecule has 1 aromatic rings. The molecule has 0 amide bonds. The first kappa shape index (κ1) is 10.3. The molecule has 0 fully saturated rings. The predicted molar refractivity (Wildman–Crippen MR) is 57.0 cm³/mol. The van der Waals surface area contributed by atoms with Crippen molar-refractivity contribution in [3.8, 4) is 11.5 Å². The molecule has 0 saturated carbocycles. The smallest absolute Gasteiger partial charge is 0.158 e. The van der Waals surface area contributed by atoms with Crippen LogP contribution in [0.3, 0.4) is 0 Å². The number of phenolic OH excluding ortho intramolecular Hbond substituents is 2. The summed E-state index contributed by atoms with van der Waals surface area (Å²) in [5, 5.41) is 27.4. The normalized spacial score (nSPS) is 13.3. The number of aromatic hydroxyl groups is 2. The maximum Gasteiger partial charge on any atom is 0.158 e. The SMILES string of the molecule is C/C=c1/cc(O)c(O)c/c1=C/C(C)=N. The zero-order chi connectivity index (χ0) is 10.7. The summed E-state index contributed by atoms with van der Waals surface area (Å²) < 4.78 is 0. The Bertz CT molecular complexity index is 475. The third-order valence-corrected chi connectivity index (χ3v) is 1.86. The van der Waals surface area contributed by atoms with E-state index in [2.05, 4.69) is 0 Å². The van der Waals surface area contributed by atoms with Gasteiger partial charge in [-0.25, -0.2) is 0 Å². The van der Waals surface area contributed by atoms with Crippen molar-refractivity contribution in [3.05, 3.63) is 22.6 Å². The average molecular weight is 191 g/mol. The van der Waals surface area contributed by atoms with Gasteiger partial charge < -0.3 is 15.6 Å². The summed E-state index contributed by atoms with van der Waals surface area (Å²) in [6.07, 6.45) is 3.45. The zero-order valence-electron chi connectivity index (χ0n) is 8.20. The summed E-state index contributed by atoms with van der Waals surface area (Å²) in [5.74, 6) is -0.305. The fraction of sp³-hybridized carbons (Fsp3) is 0.182. The molecule has 0 spiro atoms. The van der Waals surface area contributed by atoms with E-state index in [0.29, 0.717) is 5.71 Å². The van der Waals surface area contributed by atoms with Crippen molar-refractivity contribution in [3.63, 3.8) is 0 Å². The molecule has 14 heavy (non-hydrogen) atoms. The van der Waals surface area contributed by atoms with E-state index in [1.807, 2.05) is 13.0 Å². The van der Waals surface area contributed by atoms with Gasteiger partial charge >= 0.3 is 0 Å². The largest absolute Gasteiger partial charge is 0.504 e. The number of benzene rings is 1. The Hall–Kier alpha value is -1.77. The van der Waals surface area contributed by atoms with E-state index in [0.717, 1.165) is 10.4 Å². The number of hydrogen-bond donors (Lipinski definition) is 3. The molecule has 1 aromatic carbocycles. The summed E-state index contributed by atoms with van der Waals surface area (Å²) in [6.45, 7) is 3.49. The first-order valence-electron chi connectivity index (χ1n) is 4.30. The van der Waals surface area contributed by atoms with Crippen molar-refractivity contribution < 1.29 is 10.2 Å². The molecule has 0 radical (unpaired) electrons. The minimum Gasteiger partial charge on any atom is -0.504 e. The van der Waals surface area contributed by atoms with Gasteiger partial charge in [-0.1, -0.05) is 6.08 Å². The summed E-state index contributed by atoms with van der Waals surface area (Å²) in [5.41, 5.74) is 0.401. The van der Waals surface area contributed by atoms with E-state index in [4.69, 9.17) is 5.41 Å². The number of hydrogen-bond acceptors (Lipinski definition) is 3. The lowest BCUT2D eigenvalue weighted by Gasteiger charge is -1.97. The van der Waals surface area contributed by atoms with Gasteiger partial charge in [0.1, 0.15) is 0 Å². The van der Waals surface area contributed by atoms with Gasteiger partial charge in [0, 0.05) is 5.71 Å². The molecule has 0 atom stereocenters. The Labute approximate surface area is 82.2 Å². The highest BCUT2D eigenvalue weighted by molar-refractivity contribution is 6.06. The molecule has 3 heteroatoms. The van der Waals surface area contributed by atoms with E-state index < -0.39 is 0 Å². The van der Waals surface area contributed by atoms with Crippen LogP contribution in [-0.4, -0.2) is 15.9 Å². The van der Waals surface area contributed by atoms with Crippen LogP contribution in [-0.2, 0) is 0 Å². The maximum absolute atomic E-state index is 9.28.